The Labute approximate surface area is 115 Å². The molecule has 20 heavy (non-hydrogen) atoms. The predicted molar refractivity (Wildman–Crippen MR) is 68.2 cm³/mol. The Kier molecular flexibility index (Phi) is 3.76. The number of carboxylic acids is 1. The summed E-state index contributed by atoms with van der Waals surface area (Å²) in [7, 11) is 0. The maximum Gasteiger partial charge on any atom is 0.392 e. The second kappa shape index (κ2) is 5.20. The second-order valence-electron chi connectivity index (χ2n) is 5.43. The molecule has 110 valence electrons. The first-order valence-electron chi connectivity index (χ1n) is 6.44. The number of rotatable bonds is 4. The van der Waals surface area contributed by atoms with Crippen LogP contribution in [0.2, 0.25) is 0 Å². The summed E-state index contributed by atoms with van der Waals surface area (Å²) < 4.78 is 1.37. The summed E-state index contributed by atoms with van der Waals surface area (Å²) in [5.74, 6) is -1.46. The topological polar surface area (TPSA) is 118 Å². The first-order chi connectivity index (χ1) is 9.31. The molecule has 0 aromatic carbocycles. The van der Waals surface area contributed by atoms with Crippen LogP contribution in [-0.4, -0.2) is 36.5 Å². The van der Waals surface area contributed by atoms with Crippen molar-refractivity contribution in [3.8, 4) is 0 Å². The molecule has 0 unspecified atom stereocenters. The molecule has 0 aliphatic heterocycles. The number of carboxylic acid groups (broad SMARTS) is 1. The maximum absolute atomic E-state index is 10.9. The minimum absolute atomic E-state index is 0.147. The van der Waals surface area contributed by atoms with Crippen molar-refractivity contribution >= 4 is 11.8 Å². The zero-order chi connectivity index (χ0) is 14.9. The fraction of sp³-hybridized carbons (Fsp3) is 0.667. The lowest BCUT2D eigenvalue weighted by Crippen LogP contribution is -2.40. The van der Waals surface area contributed by atoms with E-state index in [-0.39, 0.29) is 12.4 Å². The number of nitrogens with zero attached hydrogens (tertiary/aromatic N) is 3. The fourth-order valence-electron chi connectivity index (χ4n) is 2.63. The summed E-state index contributed by atoms with van der Waals surface area (Å²) in [6, 6.07) is 0. The highest BCUT2D eigenvalue weighted by atomic mass is 16.6. The molecule has 1 fully saturated rings. The van der Waals surface area contributed by atoms with Gasteiger partial charge in [-0.3, -0.25) is 4.79 Å². The van der Waals surface area contributed by atoms with Crippen LogP contribution in [0.15, 0.2) is 6.20 Å². The molecule has 1 aromatic rings. The smallest absolute Gasteiger partial charge is 0.392 e. The quantitative estimate of drug-likeness (QED) is 0.631. The van der Waals surface area contributed by atoms with Gasteiger partial charge >= 0.3 is 11.8 Å². The van der Waals surface area contributed by atoms with Gasteiger partial charge in [0.1, 0.15) is 0 Å². The Hall–Kier alpha value is -1.96. The minimum Gasteiger partial charge on any atom is -0.481 e. The third-order valence-electron chi connectivity index (χ3n) is 3.81. The van der Waals surface area contributed by atoms with Crippen molar-refractivity contribution in [3.63, 3.8) is 0 Å². The molecule has 0 amide bonds. The molecule has 8 heteroatoms. The third-order valence-corrected chi connectivity index (χ3v) is 3.81. The van der Waals surface area contributed by atoms with E-state index >= 15 is 0 Å². The highest BCUT2D eigenvalue weighted by molar-refractivity contribution is 5.70. The van der Waals surface area contributed by atoms with Crippen LogP contribution in [0.5, 0.6) is 0 Å². The van der Waals surface area contributed by atoms with Gasteiger partial charge in [-0.05, 0) is 37.5 Å². The van der Waals surface area contributed by atoms with E-state index in [1.807, 2.05) is 0 Å². The molecule has 1 aliphatic carbocycles. The van der Waals surface area contributed by atoms with Gasteiger partial charge in [-0.2, -0.15) is 4.68 Å². The molecule has 1 aliphatic rings. The maximum atomic E-state index is 10.9. The van der Waals surface area contributed by atoms with Crippen LogP contribution in [0.4, 0.5) is 5.82 Å². The number of nitro groups is 1. The van der Waals surface area contributed by atoms with E-state index in [0.717, 1.165) is 0 Å². The van der Waals surface area contributed by atoms with Gasteiger partial charge in [-0.25, -0.2) is 0 Å². The van der Waals surface area contributed by atoms with E-state index in [4.69, 9.17) is 5.11 Å². The monoisotopic (exact) mass is 283 g/mol. The zero-order valence-corrected chi connectivity index (χ0v) is 11.2. The van der Waals surface area contributed by atoms with Gasteiger partial charge in [0.05, 0.1) is 34.9 Å². The van der Waals surface area contributed by atoms with Crippen LogP contribution in [-0.2, 0) is 11.3 Å². The van der Waals surface area contributed by atoms with E-state index in [9.17, 15) is 20.0 Å². The molecule has 8 nitrogen and oxygen atoms in total. The Bertz CT molecular complexity index is 531. The van der Waals surface area contributed by atoms with Crippen LogP contribution >= 0.6 is 0 Å². The molecule has 1 heterocycles. The van der Waals surface area contributed by atoms with Crippen molar-refractivity contribution in [2.24, 2.45) is 5.92 Å². The number of carbonyl (C=O) groups is 1. The first kappa shape index (κ1) is 14.4. The Morgan fingerprint density at radius 2 is 2.20 bits per heavy atom. The zero-order valence-electron chi connectivity index (χ0n) is 11.2. The largest absolute Gasteiger partial charge is 0.481 e. The van der Waals surface area contributed by atoms with Crippen molar-refractivity contribution in [1.82, 2.24) is 9.78 Å². The van der Waals surface area contributed by atoms with Crippen molar-refractivity contribution in [2.75, 3.05) is 0 Å². The fourth-order valence-corrected chi connectivity index (χ4v) is 2.63. The average Bonchev–Trinajstić information content (AvgIpc) is 2.70. The minimum atomic E-state index is -1.04. The number of aliphatic carboxylic acids is 1. The summed E-state index contributed by atoms with van der Waals surface area (Å²) in [6.45, 7) is 1.74. The van der Waals surface area contributed by atoms with Gasteiger partial charge in [-0.1, -0.05) is 0 Å². The van der Waals surface area contributed by atoms with Crippen LogP contribution < -0.4 is 0 Å². The molecular formula is C12H17N3O5. The van der Waals surface area contributed by atoms with Gasteiger partial charge in [-0.15, -0.1) is 0 Å². The SMILES string of the molecule is Cc1cn(CC2(O)CCC(C(=O)O)CC2)nc1[N+](=O)[O-]. The van der Waals surface area contributed by atoms with Gasteiger partial charge in [0.2, 0.25) is 0 Å². The molecule has 2 N–H and O–H groups in total. The lowest BCUT2D eigenvalue weighted by Gasteiger charge is -2.33. The Balaban J connectivity index is 2.05. The first-order valence-corrected chi connectivity index (χ1v) is 6.44. The van der Waals surface area contributed by atoms with Crippen molar-refractivity contribution < 1.29 is 19.9 Å². The van der Waals surface area contributed by atoms with Crippen molar-refractivity contribution in [3.05, 3.63) is 21.9 Å². The molecular weight excluding hydrogens is 266 g/mol. The summed E-state index contributed by atoms with van der Waals surface area (Å²) in [4.78, 5) is 21.0. The molecule has 0 bridgehead atoms. The summed E-state index contributed by atoms with van der Waals surface area (Å²) in [5, 5.41) is 33.9. The number of aromatic nitrogens is 2. The number of hydrogen-bond donors (Lipinski definition) is 2. The molecule has 1 saturated carbocycles. The number of hydrogen-bond acceptors (Lipinski definition) is 5. The average molecular weight is 283 g/mol. The number of aliphatic hydroxyl groups is 1. The molecule has 0 radical (unpaired) electrons. The van der Waals surface area contributed by atoms with E-state index < -0.39 is 22.4 Å². The molecule has 1 aromatic heterocycles. The number of aryl methyl sites for hydroxylation is 1. The molecule has 0 atom stereocenters. The third kappa shape index (κ3) is 2.96. The summed E-state index contributed by atoms with van der Waals surface area (Å²) >= 11 is 0. The van der Waals surface area contributed by atoms with E-state index in [2.05, 4.69) is 5.10 Å². The highest BCUT2D eigenvalue weighted by Gasteiger charge is 2.37. The standard InChI is InChI=1S/C12H17N3O5/c1-8-6-14(13-10(8)15(19)20)7-12(18)4-2-9(3-5-12)11(16)17/h6,9,18H,2-5,7H2,1H3,(H,16,17). The van der Waals surface area contributed by atoms with Crippen LogP contribution in [0, 0.1) is 23.0 Å². The van der Waals surface area contributed by atoms with E-state index in [1.54, 1.807) is 6.92 Å². The van der Waals surface area contributed by atoms with E-state index in [1.165, 1.54) is 10.9 Å². The summed E-state index contributed by atoms with van der Waals surface area (Å²) in [5.41, 5.74) is -0.601. The van der Waals surface area contributed by atoms with Crippen LogP contribution in [0.3, 0.4) is 0 Å². The van der Waals surface area contributed by atoms with Crippen LogP contribution in [0.25, 0.3) is 0 Å². The molecule has 0 saturated heterocycles. The van der Waals surface area contributed by atoms with Gasteiger partial charge in [0.25, 0.3) is 0 Å². The van der Waals surface area contributed by atoms with Crippen molar-refractivity contribution in [2.45, 2.75) is 44.8 Å². The van der Waals surface area contributed by atoms with E-state index in [0.29, 0.717) is 31.2 Å². The molecule has 0 spiro atoms. The van der Waals surface area contributed by atoms with Gasteiger partial charge in [0.15, 0.2) is 0 Å². The van der Waals surface area contributed by atoms with Crippen LogP contribution in [0.1, 0.15) is 31.2 Å². The lowest BCUT2D eigenvalue weighted by molar-refractivity contribution is -0.390. The van der Waals surface area contributed by atoms with Crippen molar-refractivity contribution in [1.29, 1.82) is 0 Å². The predicted octanol–water partition coefficient (Wildman–Crippen LogP) is 1.11. The lowest BCUT2D eigenvalue weighted by atomic mass is 9.79. The van der Waals surface area contributed by atoms with Gasteiger partial charge in [0, 0.05) is 0 Å². The second-order valence-corrected chi connectivity index (χ2v) is 5.43. The summed E-state index contributed by atoms with van der Waals surface area (Å²) in [6.07, 6.45) is 3.06. The Morgan fingerprint density at radius 3 is 2.65 bits per heavy atom. The highest BCUT2D eigenvalue weighted by Crippen LogP contribution is 2.33. The van der Waals surface area contributed by atoms with Gasteiger partial charge < -0.3 is 20.3 Å². The Morgan fingerprint density at radius 1 is 1.60 bits per heavy atom. The normalized spacial score (nSPS) is 26.4. The molecule has 2 rings (SSSR count).